The summed E-state index contributed by atoms with van der Waals surface area (Å²) < 4.78 is 33.7. The predicted octanol–water partition coefficient (Wildman–Crippen LogP) is 5.91. The third-order valence-electron chi connectivity index (χ3n) is 4.67. The Morgan fingerprint density at radius 1 is 1.07 bits per heavy atom. The van der Waals surface area contributed by atoms with Gasteiger partial charge in [-0.3, -0.25) is 4.79 Å². The second kappa shape index (κ2) is 8.24. The molecule has 0 fully saturated rings. The first-order valence-corrected chi connectivity index (χ1v) is 9.62. The SMILES string of the molecule is Cc1ccc2oc(CN(Cc3cc(F)ccc3F)C(=O)c3ccccc3Cl)nc2c1. The van der Waals surface area contributed by atoms with Crippen LogP contribution in [0.1, 0.15) is 27.4 Å². The quantitative estimate of drug-likeness (QED) is 0.398. The summed E-state index contributed by atoms with van der Waals surface area (Å²) >= 11 is 6.19. The van der Waals surface area contributed by atoms with Crippen LogP contribution in [0.3, 0.4) is 0 Å². The Morgan fingerprint density at radius 2 is 1.87 bits per heavy atom. The molecule has 1 heterocycles. The summed E-state index contributed by atoms with van der Waals surface area (Å²) in [7, 11) is 0. The first-order valence-electron chi connectivity index (χ1n) is 9.24. The third kappa shape index (κ3) is 4.19. The minimum Gasteiger partial charge on any atom is -0.439 e. The van der Waals surface area contributed by atoms with Crippen LogP contribution in [0.4, 0.5) is 8.78 Å². The maximum Gasteiger partial charge on any atom is 0.256 e. The molecule has 0 aliphatic carbocycles. The molecule has 0 atom stereocenters. The van der Waals surface area contributed by atoms with Crippen LogP contribution in [-0.2, 0) is 13.1 Å². The zero-order valence-corrected chi connectivity index (χ0v) is 16.8. The molecule has 3 aromatic carbocycles. The molecule has 0 aliphatic heterocycles. The van der Waals surface area contributed by atoms with Crippen LogP contribution in [0.2, 0.25) is 5.02 Å². The van der Waals surface area contributed by atoms with Crippen molar-refractivity contribution in [3.8, 4) is 0 Å². The highest BCUT2D eigenvalue weighted by molar-refractivity contribution is 6.33. The number of hydrogen-bond donors (Lipinski definition) is 0. The first-order chi connectivity index (χ1) is 14.4. The van der Waals surface area contributed by atoms with E-state index in [2.05, 4.69) is 4.98 Å². The number of nitrogens with zero attached hydrogens (tertiary/aromatic N) is 2. The molecule has 4 nitrogen and oxygen atoms in total. The van der Waals surface area contributed by atoms with Gasteiger partial charge in [0.1, 0.15) is 17.2 Å². The number of aryl methyl sites for hydroxylation is 1. The summed E-state index contributed by atoms with van der Waals surface area (Å²) in [5.41, 5.74) is 2.56. The maximum atomic E-state index is 14.3. The van der Waals surface area contributed by atoms with E-state index >= 15 is 0 Å². The average Bonchev–Trinajstić information content (AvgIpc) is 3.11. The number of halogens is 3. The number of amides is 1. The van der Waals surface area contributed by atoms with Crippen molar-refractivity contribution in [1.29, 1.82) is 0 Å². The molecular formula is C23H17ClF2N2O2. The van der Waals surface area contributed by atoms with Crippen molar-refractivity contribution in [1.82, 2.24) is 9.88 Å². The van der Waals surface area contributed by atoms with E-state index in [4.69, 9.17) is 16.0 Å². The van der Waals surface area contributed by atoms with Crippen LogP contribution >= 0.6 is 11.6 Å². The number of fused-ring (bicyclic) bond motifs is 1. The van der Waals surface area contributed by atoms with Crippen LogP contribution in [0.15, 0.2) is 65.1 Å². The smallest absolute Gasteiger partial charge is 0.256 e. The summed E-state index contributed by atoms with van der Waals surface area (Å²) in [4.78, 5) is 19.0. The largest absolute Gasteiger partial charge is 0.439 e. The van der Waals surface area contributed by atoms with Gasteiger partial charge < -0.3 is 9.32 Å². The lowest BCUT2D eigenvalue weighted by Gasteiger charge is -2.22. The number of carbonyl (C=O) groups excluding carboxylic acids is 1. The number of carbonyl (C=O) groups is 1. The average molecular weight is 427 g/mol. The third-order valence-corrected chi connectivity index (χ3v) is 5.00. The van der Waals surface area contributed by atoms with Gasteiger partial charge in [0.15, 0.2) is 5.58 Å². The molecule has 0 radical (unpaired) electrons. The van der Waals surface area contributed by atoms with Gasteiger partial charge in [-0.2, -0.15) is 0 Å². The molecule has 4 rings (SSSR count). The van der Waals surface area contributed by atoms with E-state index in [0.29, 0.717) is 11.1 Å². The number of oxazole rings is 1. The summed E-state index contributed by atoms with van der Waals surface area (Å²) in [5.74, 6) is -1.36. The molecule has 0 N–H and O–H groups in total. The molecule has 0 unspecified atom stereocenters. The topological polar surface area (TPSA) is 46.3 Å². The number of hydrogen-bond acceptors (Lipinski definition) is 3. The molecule has 1 aromatic heterocycles. The van der Waals surface area contributed by atoms with E-state index < -0.39 is 17.5 Å². The molecular weight excluding hydrogens is 410 g/mol. The second-order valence-corrected chi connectivity index (χ2v) is 7.36. The molecule has 7 heteroatoms. The van der Waals surface area contributed by atoms with Gasteiger partial charge in [0.05, 0.1) is 17.1 Å². The van der Waals surface area contributed by atoms with E-state index in [1.165, 1.54) is 4.90 Å². The fourth-order valence-corrected chi connectivity index (χ4v) is 3.41. The molecule has 0 aliphatic rings. The highest BCUT2D eigenvalue weighted by Crippen LogP contribution is 2.23. The van der Waals surface area contributed by atoms with Gasteiger partial charge in [0.2, 0.25) is 5.89 Å². The van der Waals surface area contributed by atoms with Gasteiger partial charge in [-0.25, -0.2) is 13.8 Å². The zero-order chi connectivity index (χ0) is 21.3. The van der Waals surface area contributed by atoms with Gasteiger partial charge in [-0.1, -0.05) is 29.8 Å². The summed E-state index contributed by atoms with van der Waals surface area (Å²) in [6.07, 6.45) is 0. The van der Waals surface area contributed by atoms with Crippen LogP contribution in [0.5, 0.6) is 0 Å². The lowest BCUT2D eigenvalue weighted by molar-refractivity contribution is 0.0713. The van der Waals surface area contributed by atoms with Crippen molar-refractivity contribution in [3.05, 3.63) is 99.9 Å². The highest BCUT2D eigenvalue weighted by Gasteiger charge is 2.22. The van der Waals surface area contributed by atoms with Crippen LogP contribution in [0.25, 0.3) is 11.1 Å². The lowest BCUT2D eigenvalue weighted by atomic mass is 10.1. The van der Waals surface area contributed by atoms with Crippen molar-refractivity contribution in [2.45, 2.75) is 20.0 Å². The van der Waals surface area contributed by atoms with Gasteiger partial charge in [-0.05, 0) is 55.0 Å². The normalized spacial score (nSPS) is 11.1. The second-order valence-electron chi connectivity index (χ2n) is 6.96. The summed E-state index contributed by atoms with van der Waals surface area (Å²) in [5, 5.41) is 0.264. The van der Waals surface area contributed by atoms with Crippen LogP contribution in [0, 0.1) is 18.6 Å². The monoisotopic (exact) mass is 426 g/mol. The van der Waals surface area contributed by atoms with Gasteiger partial charge >= 0.3 is 0 Å². The zero-order valence-electron chi connectivity index (χ0n) is 16.0. The molecule has 0 bridgehead atoms. The van der Waals surface area contributed by atoms with E-state index in [1.54, 1.807) is 30.3 Å². The Labute approximate surface area is 176 Å². The van der Waals surface area contributed by atoms with Crippen molar-refractivity contribution < 1.29 is 18.0 Å². The Balaban J connectivity index is 1.71. The molecule has 152 valence electrons. The van der Waals surface area contributed by atoms with Crippen molar-refractivity contribution >= 4 is 28.6 Å². The molecule has 0 spiro atoms. The van der Waals surface area contributed by atoms with E-state index in [1.807, 2.05) is 19.1 Å². The van der Waals surface area contributed by atoms with Crippen molar-refractivity contribution in [3.63, 3.8) is 0 Å². The minimum absolute atomic E-state index is 0.0340. The van der Waals surface area contributed by atoms with E-state index in [0.717, 1.165) is 23.8 Å². The molecule has 30 heavy (non-hydrogen) atoms. The molecule has 0 saturated heterocycles. The standard InChI is InChI=1S/C23H17ClF2N2O2/c1-14-6-9-21-20(10-14)27-22(30-21)13-28(12-15-11-16(25)7-8-19(15)26)23(29)17-4-2-3-5-18(17)24/h2-11H,12-13H2,1H3. The highest BCUT2D eigenvalue weighted by atomic mass is 35.5. The van der Waals surface area contributed by atoms with Gasteiger partial charge in [-0.15, -0.1) is 0 Å². The van der Waals surface area contributed by atoms with E-state index in [-0.39, 0.29) is 35.1 Å². The molecule has 1 amide bonds. The van der Waals surface area contributed by atoms with Crippen LogP contribution in [-0.4, -0.2) is 15.8 Å². The van der Waals surface area contributed by atoms with Crippen molar-refractivity contribution in [2.24, 2.45) is 0 Å². The number of benzene rings is 3. The Kier molecular flexibility index (Phi) is 5.50. The predicted molar refractivity (Wildman–Crippen MR) is 110 cm³/mol. The molecule has 0 saturated carbocycles. The van der Waals surface area contributed by atoms with Gasteiger partial charge in [0.25, 0.3) is 5.91 Å². The fourth-order valence-electron chi connectivity index (χ4n) is 3.19. The molecule has 4 aromatic rings. The van der Waals surface area contributed by atoms with Crippen molar-refractivity contribution in [2.75, 3.05) is 0 Å². The fraction of sp³-hybridized carbons (Fsp3) is 0.130. The Morgan fingerprint density at radius 3 is 2.67 bits per heavy atom. The van der Waals surface area contributed by atoms with Crippen LogP contribution < -0.4 is 0 Å². The first kappa shape index (κ1) is 20.0. The Hall–Kier alpha value is -3.25. The summed E-state index contributed by atoms with van der Waals surface area (Å²) in [6, 6.07) is 15.3. The number of rotatable bonds is 5. The maximum absolute atomic E-state index is 14.3. The number of aromatic nitrogens is 1. The van der Waals surface area contributed by atoms with Gasteiger partial charge in [0, 0.05) is 12.1 Å². The van der Waals surface area contributed by atoms with E-state index in [9.17, 15) is 13.6 Å². The lowest BCUT2D eigenvalue weighted by Crippen LogP contribution is -2.31. The Bertz CT molecular complexity index is 1240. The summed E-state index contributed by atoms with van der Waals surface area (Å²) in [6.45, 7) is 1.73. The minimum atomic E-state index is -0.610.